The number of hydrogen-bond acceptors (Lipinski definition) is 6. The van der Waals surface area contributed by atoms with Crippen LogP contribution in [0.5, 0.6) is 0 Å². The summed E-state index contributed by atoms with van der Waals surface area (Å²) in [6, 6.07) is 1.07. The molecule has 1 aliphatic rings. The molecule has 1 aliphatic heterocycles. The van der Waals surface area contributed by atoms with E-state index in [0.29, 0.717) is 12.1 Å². The van der Waals surface area contributed by atoms with Crippen molar-refractivity contribution >= 4 is 21.4 Å². The number of hydrogen-bond donors (Lipinski definition) is 1. The molecule has 7 nitrogen and oxygen atoms in total. The number of nitro groups is 1. The van der Waals surface area contributed by atoms with E-state index < -0.39 is 60.4 Å². The van der Waals surface area contributed by atoms with Gasteiger partial charge in [-0.3, -0.25) is 15.1 Å². The van der Waals surface area contributed by atoms with Crippen LogP contribution in [0, 0.1) is 21.7 Å². The van der Waals surface area contributed by atoms with Gasteiger partial charge in [0.15, 0.2) is 21.5 Å². The normalized spacial score (nSPS) is 27.0. The maximum Gasteiger partial charge on any atom is 0.272 e. The summed E-state index contributed by atoms with van der Waals surface area (Å²) in [7, 11) is -3.71. The number of nitrogens with two attached hydrogens (primary N) is 1. The van der Waals surface area contributed by atoms with Gasteiger partial charge in [-0.05, 0) is 19.8 Å². The summed E-state index contributed by atoms with van der Waals surface area (Å²) < 4.78 is 64.1. The molecule has 0 saturated heterocycles. The van der Waals surface area contributed by atoms with E-state index in [2.05, 4.69) is 4.99 Å². The van der Waals surface area contributed by atoms with E-state index in [1.807, 2.05) is 0 Å². The molecule has 0 bridgehead atoms. The minimum absolute atomic E-state index is 0.200. The van der Waals surface area contributed by atoms with Crippen molar-refractivity contribution in [3.8, 4) is 0 Å². The van der Waals surface area contributed by atoms with Crippen LogP contribution in [0.1, 0.15) is 25.3 Å². The number of amidine groups is 1. The quantitative estimate of drug-likeness (QED) is 0.634. The molecule has 1 aromatic carbocycles. The zero-order chi connectivity index (χ0) is 19.2. The van der Waals surface area contributed by atoms with Gasteiger partial charge < -0.3 is 5.73 Å². The summed E-state index contributed by atoms with van der Waals surface area (Å²) in [4.78, 5) is 13.8. The average molecular weight is 379 g/mol. The zero-order valence-electron chi connectivity index (χ0n) is 13.4. The van der Waals surface area contributed by atoms with Crippen LogP contribution < -0.4 is 5.73 Å². The van der Waals surface area contributed by atoms with Crippen molar-refractivity contribution < 1.29 is 26.5 Å². The molecule has 1 aromatic rings. The van der Waals surface area contributed by atoms with E-state index in [9.17, 15) is 31.7 Å². The number of alkyl halides is 1. The highest BCUT2D eigenvalue weighted by Gasteiger charge is 2.49. The van der Waals surface area contributed by atoms with Gasteiger partial charge in [0.1, 0.15) is 22.8 Å². The van der Waals surface area contributed by atoms with Crippen LogP contribution in [0.4, 0.5) is 18.9 Å². The van der Waals surface area contributed by atoms with E-state index in [0.717, 1.165) is 6.26 Å². The monoisotopic (exact) mass is 379 g/mol. The molecule has 138 valence electrons. The molecule has 0 fully saturated rings. The van der Waals surface area contributed by atoms with E-state index in [-0.39, 0.29) is 12.8 Å². The highest BCUT2D eigenvalue weighted by Crippen LogP contribution is 2.43. The van der Waals surface area contributed by atoms with Crippen LogP contribution in [-0.2, 0) is 15.4 Å². The van der Waals surface area contributed by atoms with Crippen molar-refractivity contribution in [3.63, 3.8) is 0 Å². The van der Waals surface area contributed by atoms with Crippen LogP contribution in [0.3, 0.4) is 0 Å². The minimum Gasteiger partial charge on any atom is -0.386 e. The van der Waals surface area contributed by atoms with Gasteiger partial charge in [0.25, 0.3) is 5.69 Å². The first-order valence-electron chi connectivity index (χ1n) is 7.13. The Morgan fingerprint density at radius 2 is 1.96 bits per heavy atom. The number of nitro benzene ring substituents is 1. The predicted octanol–water partition coefficient (Wildman–Crippen LogP) is 1.99. The van der Waals surface area contributed by atoms with Gasteiger partial charge in [-0.2, -0.15) is 0 Å². The molecule has 25 heavy (non-hydrogen) atoms. The topological polar surface area (TPSA) is 116 Å². The third-order valence-corrected chi connectivity index (χ3v) is 6.71. The minimum atomic E-state index is -3.71. The zero-order valence-corrected chi connectivity index (χ0v) is 14.2. The fraction of sp³-hybridized carbons (Fsp3) is 0.500. The molecule has 2 rings (SSSR count). The molecule has 1 heterocycles. The van der Waals surface area contributed by atoms with E-state index in [4.69, 9.17) is 5.73 Å². The van der Waals surface area contributed by atoms with Gasteiger partial charge in [0.2, 0.25) is 0 Å². The smallest absolute Gasteiger partial charge is 0.272 e. The van der Waals surface area contributed by atoms with Crippen LogP contribution >= 0.6 is 0 Å². The Morgan fingerprint density at radius 3 is 2.40 bits per heavy atom. The molecular formula is C14H16F3N3O4S. The fourth-order valence-corrected chi connectivity index (χ4v) is 3.63. The molecule has 0 amide bonds. The molecule has 2 N–H and O–H groups in total. The van der Waals surface area contributed by atoms with Crippen molar-refractivity contribution in [1.82, 2.24) is 0 Å². The number of halogens is 3. The van der Waals surface area contributed by atoms with Crippen LogP contribution in [0.25, 0.3) is 0 Å². The summed E-state index contributed by atoms with van der Waals surface area (Å²) in [5.74, 6) is -3.46. The molecule has 11 heteroatoms. The van der Waals surface area contributed by atoms with Crippen molar-refractivity contribution in [2.24, 2.45) is 10.7 Å². The molecule has 0 aromatic heterocycles. The summed E-state index contributed by atoms with van der Waals surface area (Å²) in [5.41, 5.74) is 2.27. The molecule has 0 spiro atoms. The second-order valence-corrected chi connectivity index (χ2v) is 8.66. The van der Waals surface area contributed by atoms with Crippen molar-refractivity contribution in [2.45, 2.75) is 30.1 Å². The Labute approximate surface area is 141 Å². The van der Waals surface area contributed by atoms with Crippen molar-refractivity contribution in [3.05, 3.63) is 39.4 Å². The number of non-ortho nitro benzene ring substituents is 1. The van der Waals surface area contributed by atoms with Gasteiger partial charge in [0, 0.05) is 17.9 Å². The van der Waals surface area contributed by atoms with Crippen LogP contribution in [0.15, 0.2) is 17.1 Å². The number of sulfone groups is 1. The standard InChI is InChI=1S/C14H16F3N3O4S/c1-13(25(2,23)24)3-4-14(7-15,19-12(13)18)9-5-8(20(21)22)6-10(16)11(9)17/h5-6H,3-4,7H2,1-2H3,(H2,18,19)/t13-,14-/m1/s1. The van der Waals surface area contributed by atoms with Gasteiger partial charge in [-0.25, -0.2) is 21.6 Å². The van der Waals surface area contributed by atoms with E-state index >= 15 is 0 Å². The molecule has 0 saturated carbocycles. The molecule has 0 aliphatic carbocycles. The third-order valence-electron chi connectivity index (χ3n) is 4.66. The number of nitrogens with zero attached hydrogens (tertiary/aromatic N) is 2. The highest BCUT2D eigenvalue weighted by molar-refractivity contribution is 7.92. The second-order valence-electron chi connectivity index (χ2n) is 6.21. The lowest BCUT2D eigenvalue weighted by Crippen LogP contribution is -2.53. The van der Waals surface area contributed by atoms with Gasteiger partial charge in [-0.1, -0.05) is 0 Å². The predicted molar refractivity (Wildman–Crippen MR) is 84.8 cm³/mol. The first-order valence-corrected chi connectivity index (χ1v) is 9.02. The number of aliphatic imine (C=N–C) groups is 1. The highest BCUT2D eigenvalue weighted by atomic mass is 32.2. The van der Waals surface area contributed by atoms with E-state index in [1.165, 1.54) is 6.92 Å². The average Bonchev–Trinajstić information content (AvgIpc) is 2.51. The Morgan fingerprint density at radius 1 is 1.36 bits per heavy atom. The van der Waals surface area contributed by atoms with Gasteiger partial charge >= 0.3 is 0 Å². The van der Waals surface area contributed by atoms with Crippen molar-refractivity contribution in [1.29, 1.82) is 0 Å². The fourth-order valence-electron chi connectivity index (χ4n) is 2.74. The summed E-state index contributed by atoms with van der Waals surface area (Å²) in [6.07, 6.45) is 0.422. The molecule has 0 radical (unpaired) electrons. The largest absolute Gasteiger partial charge is 0.386 e. The molecule has 2 atom stereocenters. The first kappa shape index (κ1) is 19.2. The Kier molecular flexibility index (Phi) is 4.58. The number of benzene rings is 1. The summed E-state index contributed by atoms with van der Waals surface area (Å²) in [5, 5.41) is 10.9. The third kappa shape index (κ3) is 2.96. The Bertz CT molecular complexity index is 874. The second kappa shape index (κ2) is 5.97. The van der Waals surface area contributed by atoms with E-state index in [1.54, 1.807) is 0 Å². The van der Waals surface area contributed by atoms with Crippen LogP contribution in [0.2, 0.25) is 0 Å². The summed E-state index contributed by atoms with van der Waals surface area (Å²) in [6.45, 7) is -0.0290. The lowest BCUT2D eigenvalue weighted by molar-refractivity contribution is -0.385. The Hall–Kier alpha value is -2.17. The molecular weight excluding hydrogens is 363 g/mol. The lowest BCUT2D eigenvalue weighted by atomic mass is 9.80. The maximum atomic E-state index is 14.2. The van der Waals surface area contributed by atoms with Gasteiger partial charge in [-0.15, -0.1) is 0 Å². The van der Waals surface area contributed by atoms with Crippen molar-refractivity contribution in [2.75, 3.05) is 12.9 Å². The summed E-state index contributed by atoms with van der Waals surface area (Å²) >= 11 is 0. The number of rotatable bonds is 4. The maximum absolute atomic E-state index is 14.2. The first-order chi connectivity index (χ1) is 11.4. The lowest BCUT2D eigenvalue weighted by Gasteiger charge is -2.39. The van der Waals surface area contributed by atoms with Crippen LogP contribution in [-0.4, -0.2) is 36.9 Å². The molecule has 0 unspecified atom stereocenters. The van der Waals surface area contributed by atoms with Gasteiger partial charge in [0.05, 0.1) is 11.0 Å². The Balaban J connectivity index is 2.71. The SMILES string of the molecule is C[C@@]1(S(C)(=O)=O)CC[C@@](CF)(c2cc([N+](=O)[O-])cc(F)c2F)N=C1N.